The second-order valence-corrected chi connectivity index (χ2v) is 11.1. The minimum Gasteiger partial charge on any atom is -0.302 e. The highest BCUT2D eigenvalue weighted by molar-refractivity contribution is 8.26. The normalized spacial score (nSPS) is 15.1. The molecule has 3 aromatic rings. The van der Waals surface area contributed by atoms with E-state index in [0.717, 1.165) is 22.6 Å². The summed E-state index contributed by atoms with van der Waals surface area (Å²) < 4.78 is 39.2. The molecule has 0 spiro atoms. The highest BCUT2D eigenvalue weighted by Gasteiger charge is 2.31. The van der Waals surface area contributed by atoms with Crippen molar-refractivity contribution in [1.82, 2.24) is 9.88 Å². The van der Waals surface area contributed by atoms with Gasteiger partial charge in [-0.05, 0) is 29.7 Å². The van der Waals surface area contributed by atoms with Gasteiger partial charge in [0.1, 0.15) is 4.32 Å². The third kappa shape index (κ3) is 7.62. The van der Waals surface area contributed by atoms with Crippen molar-refractivity contribution in [2.24, 2.45) is 0 Å². The van der Waals surface area contributed by atoms with Crippen LogP contribution in [0.5, 0.6) is 0 Å². The average molecular weight is 574 g/mol. The molecule has 38 heavy (non-hydrogen) atoms. The van der Waals surface area contributed by atoms with Crippen molar-refractivity contribution in [3.63, 3.8) is 0 Å². The number of aromatic nitrogens is 1. The number of thiocarbonyl (C=S) groups is 1. The molecule has 1 fully saturated rings. The van der Waals surface area contributed by atoms with Gasteiger partial charge in [0, 0.05) is 30.5 Å². The number of amides is 2. The van der Waals surface area contributed by atoms with Crippen LogP contribution in [-0.4, -0.2) is 32.6 Å². The summed E-state index contributed by atoms with van der Waals surface area (Å²) in [6.07, 6.45) is 3.44. The van der Waals surface area contributed by atoms with Gasteiger partial charge in [-0.3, -0.25) is 14.5 Å². The average Bonchev–Trinajstić information content (AvgIpc) is 3.42. The summed E-state index contributed by atoms with van der Waals surface area (Å²) in [7, 11) is 0. The van der Waals surface area contributed by atoms with Crippen molar-refractivity contribution in [2.45, 2.75) is 25.4 Å². The predicted octanol–water partition coefficient (Wildman–Crippen LogP) is 6.93. The number of carbonyl (C=O) groups excluding carboxylic acids is 2. The number of nitrogens with one attached hydrogen (secondary N) is 1. The molecule has 1 N–H and O–H groups in total. The summed E-state index contributed by atoms with van der Waals surface area (Å²) in [5, 5.41) is 3.08. The zero-order valence-corrected chi connectivity index (χ0v) is 22.4. The molecule has 4 rings (SSSR count). The van der Waals surface area contributed by atoms with E-state index < -0.39 is 11.7 Å². The van der Waals surface area contributed by atoms with Gasteiger partial charge in [0.25, 0.3) is 5.91 Å². The summed E-state index contributed by atoms with van der Waals surface area (Å²) >= 11 is 7.78. The molecule has 2 amide bonds. The van der Waals surface area contributed by atoms with Crippen LogP contribution < -0.4 is 5.32 Å². The molecule has 11 heteroatoms. The SMILES string of the molecule is O=C(CCCN1C(=O)C(=CC=Cc2ccccc2)SC1=S)Nc1ncc(Cc2cccc(C(F)(F)F)c2)s1. The molecule has 196 valence electrons. The van der Waals surface area contributed by atoms with E-state index in [1.54, 1.807) is 18.3 Å². The molecule has 0 atom stereocenters. The summed E-state index contributed by atoms with van der Waals surface area (Å²) in [5.74, 6) is -0.450. The number of anilines is 1. The topological polar surface area (TPSA) is 62.3 Å². The van der Waals surface area contributed by atoms with Crippen LogP contribution in [-0.2, 0) is 22.2 Å². The van der Waals surface area contributed by atoms with Crippen LogP contribution >= 0.6 is 35.3 Å². The van der Waals surface area contributed by atoms with Crippen LogP contribution in [0.2, 0.25) is 0 Å². The van der Waals surface area contributed by atoms with E-state index in [2.05, 4.69) is 10.3 Å². The van der Waals surface area contributed by atoms with E-state index in [4.69, 9.17) is 12.2 Å². The molecule has 0 radical (unpaired) electrons. The lowest BCUT2D eigenvalue weighted by molar-refractivity contribution is -0.137. The van der Waals surface area contributed by atoms with Gasteiger partial charge >= 0.3 is 6.18 Å². The molecule has 0 bridgehead atoms. The largest absolute Gasteiger partial charge is 0.416 e. The van der Waals surface area contributed by atoms with E-state index in [1.807, 2.05) is 42.5 Å². The molecule has 1 aliphatic heterocycles. The van der Waals surface area contributed by atoms with Crippen LogP contribution in [0.3, 0.4) is 0 Å². The molecule has 2 heterocycles. The summed E-state index contributed by atoms with van der Waals surface area (Å²) in [6, 6.07) is 14.9. The Bertz CT molecular complexity index is 1380. The molecule has 0 unspecified atom stereocenters. The lowest BCUT2D eigenvalue weighted by atomic mass is 10.1. The fourth-order valence-electron chi connectivity index (χ4n) is 3.60. The Morgan fingerprint density at radius 2 is 1.92 bits per heavy atom. The lowest BCUT2D eigenvalue weighted by Crippen LogP contribution is -2.29. The molecule has 2 aromatic carbocycles. The molecule has 1 aromatic heterocycles. The lowest BCUT2D eigenvalue weighted by Gasteiger charge is -2.13. The zero-order chi connectivity index (χ0) is 27.1. The van der Waals surface area contributed by atoms with E-state index in [-0.39, 0.29) is 24.7 Å². The van der Waals surface area contributed by atoms with Crippen molar-refractivity contribution in [3.8, 4) is 0 Å². The number of carbonyl (C=O) groups is 2. The Labute approximate surface area is 231 Å². The third-order valence-corrected chi connectivity index (χ3v) is 7.74. The highest BCUT2D eigenvalue weighted by Crippen LogP contribution is 2.32. The van der Waals surface area contributed by atoms with E-state index in [9.17, 15) is 22.8 Å². The second kappa shape index (κ2) is 12.5. The first-order valence-corrected chi connectivity index (χ1v) is 13.6. The molecule has 0 aliphatic carbocycles. The molecule has 5 nitrogen and oxygen atoms in total. The van der Waals surface area contributed by atoms with Crippen LogP contribution in [0.15, 0.2) is 77.9 Å². The van der Waals surface area contributed by atoms with E-state index in [1.165, 1.54) is 34.1 Å². The molecular weight excluding hydrogens is 552 g/mol. The first-order chi connectivity index (χ1) is 18.2. The maximum atomic E-state index is 12.9. The fourth-order valence-corrected chi connectivity index (χ4v) is 5.73. The standard InChI is InChI=1S/C27H22F3N3O2S3/c28-27(29,30)20-11-4-10-19(15-20)16-21-17-31-25(37-21)32-23(34)13-6-14-33-24(35)22(38-26(33)36)12-5-9-18-7-2-1-3-8-18/h1-5,7-12,15,17H,6,13-14,16H2,(H,31,32,34). The number of hydrogen-bond donors (Lipinski definition) is 1. The van der Waals surface area contributed by atoms with Gasteiger partial charge < -0.3 is 5.32 Å². The minimum atomic E-state index is -4.40. The highest BCUT2D eigenvalue weighted by atomic mass is 32.2. The number of thiazole rings is 1. The number of rotatable bonds is 9. The third-order valence-electron chi connectivity index (χ3n) is 5.43. The van der Waals surface area contributed by atoms with Gasteiger partial charge in [0.05, 0.1) is 10.5 Å². The Hall–Kier alpha value is -3.28. The Morgan fingerprint density at radius 1 is 1.13 bits per heavy atom. The molecule has 0 saturated carbocycles. The fraction of sp³-hybridized carbons (Fsp3) is 0.185. The van der Waals surface area contributed by atoms with Crippen LogP contribution in [0.4, 0.5) is 18.3 Å². The first-order valence-electron chi connectivity index (χ1n) is 11.6. The summed E-state index contributed by atoms with van der Waals surface area (Å²) in [5.41, 5.74) is 0.830. The van der Waals surface area contributed by atoms with Gasteiger partial charge in [0.15, 0.2) is 5.13 Å². The zero-order valence-electron chi connectivity index (χ0n) is 19.9. The molecular formula is C27H22F3N3O2S3. The molecule has 1 aliphatic rings. The van der Waals surface area contributed by atoms with Crippen molar-refractivity contribution in [3.05, 3.63) is 99.4 Å². The maximum Gasteiger partial charge on any atom is 0.416 e. The quantitative estimate of drug-likeness (QED) is 0.222. The summed E-state index contributed by atoms with van der Waals surface area (Å²) in [6.45, 7) is 0.316. The van der Waals surface area contributed by atoms with Crippen LogP contribution in [0, 0.1) is 0 Å². The van der Waals surface area contributed by atoms with E-state index >= 15 is 0 Å². The number of hydrogen-bond acceptors (Lipinski definition) is 6. The Morgan fingerprint density at radius 3 is 2.68 bits per heavy atom. The number of benzene rings is 2. The van der Waals surface area contributed by atoms with Crippen molar-refractivity contribution in [1.29, 1.82) is 0 Å². The first kappa shape index (κ1) is 27.7. The predicted molar refractivity (Wildman–Crippen MR) is 150 cm³/mol. The van der Waals surface area contributed by atoms with Gasteiger partial charge in [-0.1, -0.05) is 84.7 Å². The van der Waals surface area contributed by atoms with Crippen LogP contribution in [0.1, 0.15) is 34.4 Å². The number of halogens is 3. The monoisotopic (exact) mass is 573 g/mol. The van der Waals surface area contributed by atoms with Crippen LogP contribution in [0.25, 0.3) is 6.08 Å². The van der Waals surface area contributed by atoms with Gasteiger partial charge in [-0.25, -0.2) is 4.98 Å². The number of thioether (sulfide) groups is 1. The summed E-state index contributed by atoms with van der Waals surface area (Å²) in [4.78, 5) is 32.0. The number of allylic oxidation sites excluding steroid dienone is 2. The van der Waals surface area contributed by atoms with Crippen molar-refractivity contribution >= 4 is 62.7 Å². The number of nitrogens with zero attached hydrogens (tertiary/aromatic N) is 2. The smallest absolute Gasteiger partial charge is 0.302 e. The van der Waals surface area contributed by atoms with Gasteiger partial charge in [-0.15, -0.1) is 11.3 Å². The van der Waals surface area contributed by atoms with E-state index in [0.29, 0.717) is 32.9 Å². The van der Waals surface area contributed by atoms with Gasteiger partial charge in [0.2, 0.25) is 5.91 Å². The Balaban J connectivity index is 1.24. The van der Waals surface area contributed by atoms with Crippen molar-refractivity contribution in [2.75, 3.05) is 11.9 Å². The molecule has 1 saturated heterocycles. The maximum absolute atomic E-state index is 12.9. The number of alkyl halides is 3. The Kier molecular flexibility index (Phi) is 9.13. The minimum absolute atomic E-state index is 0.159. The second-order valence-electron chi connectivity index (χ2n) is 8.28. The van der Waals surface area contributed by atoms with Gasteiger partial charge in [-0.2, -0.15) is 13.2 Å². The van der Waals surface area contributed by atoms with Crippen molar-refractivity contribution < 1.29 is 22.8 Å².